The van der Waals surface area contributed by atoms with Gasteiger partial charge in [-0.2, -0.15) is 0 Å². The molecule has 96 valence electrons. The number of nitrogens with zero attached hydrogens (tertiary/aromatic N) is 2. The fourth-order valence-corrected chi connectivity index (χ4v) is 2.32. The second-order valence-corrected chi connectivity index (χ2v) is 4.69. The van der Waals surface area contributed by atoms with E-state index < -0.39 is 4.92 Å². The van der Waals surface area contributed by atoms with Crippen molar-refractivity contribution in [2.75, 3.05) is 13.6 Å². The predicted octanol–water partition coefficient (Wildman–Crippen LogP) is 1.80. The Morgan fingerprint density at radius 3 is 2.61 bits per heavy atom. The van der Waals surface area contributed by atoms with Gasteiger partial charge in [-0.1, -0.05) is 12.1 Å². The number of piperidine rings is 1. The third-order valence-electron chi connectivity index (χ3n) is 3.41. The fraction of sp³-hybridized carbons (Fsp3) is 0.462. The van der Waals surface area contributed by atoms with Crippen LogP contribution < -0.4 is 0 Å². The Labute approximate surface area is 106 Å². The van der Waals surface area contributed by atoms with Crippen molar-refractivity contribution < 1.29 is 9.72 Å². The van der Waals surface area contributed by atoms with Gasteiger partial charge in [0.2, 0.25) is 0 Å². The lowest BCUT2D eigenvalue weighted by atomic mass is 9.95. The molecule has 0 spiro atoms. The van der Waals surface area contributed by atoms with Crippen molar-refractivity contribution in [2.45, 2.75) is 25.3 Å². The summed E-state index contributed by atoms with van der Waals surface area (Å²) in [5.41, 5.74) is 1.05. The molecule has 1 aliphatic heterocycles. The van der Waals surface area contributed by atoms with Crippen LogP contribution in [-0.4, -0.2) is 35.2 Å². The maximum Gasteiger partial charge on any atom is 0.269 e. The summed E-state index contributed by atoms with van der Waals surface area (Å²) in [5, 5.41) is 10.5. The first-order chi connectivity index (χ1) is 8.58. The van der Waals surface area contributed by atoms with E-state index in [1.54, 1.807) is 12.1 Å². The van der Waals surface area contributed by atoms with Crippen molar-refractivity contribution in [3.05, 3.63) is 39.9 Å². The molecule has 5 nitrogen and oxygen atoms in total. The molecule has 1 atom stereocenters. The van der Waals surface area contributed by atoms with E-state index in [1.165, 1.54) is 12.1 Å². The highest BCUT2D eigenvalue weighted by Gasteiger charge is 2.26. The third kappa shape index (κ3) is 2.73. The first kappa shape index (κ1) is 12.7. The number of ketones is 1. The van der Waals surface area contributed by atoms with Gasteiger partial charge in [0, 0.05) is 18.6 Å². The summed E-state index contributed by atoms with van der Waals surface area (Å²) in [7, 11) is 1.95. The molecule has 1 unspecified atom stereocenters. The molecule has 0 aromatic heterocycles. The molecule has 1 aromatic carbocycles. The molecule has 1 aromatic rings. The van der Waals surface area contributed by atoms with Crippen molar-refractivity contribution in [3.63, 3.8) is 0 Å². The van der Waals surface area contributed by atoms with Crippen LogP contribution in [0.5, 0.6) is 0 Å². The van der Waals surface area contributed by atoms with Crippen LogP contribution in [0.4, 0.5) is 5.69 Å². The Bertz CT molecular complexity index is 456. The number of carbonyl (C=O) groups is 1. The van der Waals surface area contributed by atoms with Crippen LogP contribution in [-0.2, 0) is 11.2 Å². The number of hydrogen-bond donors (Lipinski definition) is 0. The Kier molecular flexibility index (Phi) is 3.72. The van der Waals surface area contributed by atoms with Crippen LogP contribution >= 0.6 is 0 Å². The number of non-ortho nitro benzene ring substituents is 1. The van der Waals surface area contributed by atoms with Crippen LogP contribution in [0, 0.1) is 10.1 Å². The molecule has 1 aliphatic rings. The van der Waals surface area contributed by atoms with E-state index in [1.807, 2.05) is 7.05 Å². The first-order valence-corrected chi connectivity index (χ1v) is 6.04. The number of benzene rings is 1. The standard InChI is InChI=1S/C13H16N2O3/c1-14-8-2-3-13(16)12(14)9-10-4-6-11(7-5-10)15(17)18/h4-7,12H,2-3,8-9H2,1H3. The van der Waals surface area contributed by atoms with E-state index >= 15 is 0 Å². The van der Waals surface area contributed by atoms with Crippen LogP contribution in [0.3, 0.4) is 0 Å². The highest BCUT2D eigenvalue weighted by atomic mass is 16.6. The van der Waals surface area contributed by atoms with E-state index in [4.69, 9.17) is 0 Å². The van der Waals surface area contributed by atoms with Gasteiger partial charge in [-0.25, -0.2) is 0 Å². The minimum atomic E-state index is -0.415. The van der Waals surface area contributed by atoms with Gasteiger partial charge >= 0.3 is 0 Å². The molecule has 0 saturated carbocycles. The van der Waals surface area contributed by atoms with E-state index in [-0.39, 0.29) is 17.5 Å². The average Bonchev–Trinajstić information content (AvgIpc) is 2.34. The van der Waals surface area contributed by atoms with Gasteiger partial charge in [-0.05, 0) is 32.0 Å². The number of rotatable bonds is 3. The summed E-state index contributed by atoms with van der Waals surface area (Å²) in [6, 6.07) is 6.35. The van der Waals surface area contributed by atoms with E-state index in [0.717, 1.165) is 18.5 Å². The molecule has 0 radical (unpaired) electrons. The van der Waals surface area contributed by atoms with Crippen LogP contribution in [0.2, 0.25) is 0 Å². The number of likely N-dealkylation sites (N-methyl/N-ethyl adjacent to an activating group) is 1. The molecule has 18 heavy (non-hydrogen) atoms. The SMILES string of the molecule is CN1CCCC(=O)C1Cc1ccc([N+](=O)[O-])cc1. The molecular weight excluding hydrogens is 232 g/mol. The van der Waals surface area contributed by atoms with Gasteiger partial charge < -0.3 is 0 Å². The van der Waals surface area contributed by atoms with E-state index in [0.29, 0.717) is 12.8 Å². The number of likely N-dealkylation sites (tertiary alicyclic amines) is 1. The quantitative estimate of drug-likeness (QED) is 0.604. The summed E-state index contributed by atoms with van der Waals surface area (Å²) < 4.78 is 0. The van der Waals surface area contributed by atoms with Gasteiger partial charge in [0.25, 0.3) is 5.69 Å². The molecule has 0 amide bonds. The summed E-state index contributed by atoms with van der Waals surface area (Å²) in [6.45, 7) is 0.934. The van der Waals surface area contributed by atoms with Crippen LogP contribution in [0.15, 0.2) is 24.3 Å². The summed E-state index contributed by atoms with van der Waals surface area (Å²) in [5.74, 6) is 0.266. The van der Waals surface area contributed by atoms with Gasteiger partial charge in [0.1, 0.15) is 5.78 Å². The Balaban J connectivity index is 2.08. The first-order valence-electron chi connectivity index (χ1n) is 6.04. The zero-order chi connectivity index (χ0) is 13.1. The monoisotopic (exact) mass is 248 g/mol. The smallest absolute Gasteiger partial charge is 0.269 e. The fourth-order valence-electron chi connectivity index (χ4n) is 2.32. The maximum atomic E-state index is 11.8. The average molecular weight is 248 g/mol. The molecule has 0 N–H and O–H groups in total. The number of nitro groups is 1. The topological polar surface area (TPSA) is 63.5 Å². The molecule has 1 heterocycles. The number of nitro benzene ring substituents is 1. The highest BCUT2D eigenvalue weighted by Crippen LogP contribution is 2.18. The Morgan fingerprint density at radius 1 is 1.39 bits per heavy atom. The minimum absolute atomic E-state index is 0.0831. The zero-order valence-corrected chi connectivity index (χ0v) is 10.3. The summed E-state index contributed by atoms with van der Waals surface area (Å²) in [4.78, 5) is 24.0. The van der Waals surface area contributed by atoms with Crippen molar-refractivity contribution >= 4 is 11.5 Å². The largest absolute Gasteiger partial charge is 0.298 e. The second kappa shape index (κ2) is 5.27. The van der Waals surface area contributed by atoms with Crippen LogP contribution in [0.1, 0.15) is 18.4 Å². The number of carbonyl (C=O) groups excluding carboxylic acids is 1. The Morgan fingerprint density at radius 2 is 2.06 bits per heavy atom. The van der Waals surface area contributed by atoms with E-state index in [2.05, 4.69) is 4.90 Å². The molecule has 2 rings (SSSR count). The molecular formula is C13H16N2O3. The summed E-state index contributed by atoms with van der Waals surface area (Å²) in [6.07, 6.45) is 2.20. The van der Waals surface area contributed by atoms with Crippen molar-refractivity contribution in [2.24, 2.45) is 0 Å². The van der Waals surface area contributed by atoms with Crippen molar-refractivity contribution in [1.29, 1.82) is 0 Å². The molecule has 5 heteroatoms. The van der Waals surface area contributed by atoms with Crippen molar-refractivity contribution in [3.8, 4) is 0 Å². The van der Waals surface area contributed by atoms with Crippen LogP contribution in [0.25, 0.3) is 0 Å². The maximum absolute atomic E-state index is 11.8. The lowest BCUT2D eigenvalue weighted by molar-refractivity contribution is -0.384. The number of hydrogen-bond acceptors (Lipinski definition) is 4. The van der Waals surface area contributed by atoms with Crippen molar-refractivity contribution in [1.82, 2.24) is 4.90 Å². The summed E-state index contributed by atoms with van der Waals surface area (Å²) >= 11 is 0. The predicted molar refractivity (Wildman–Crippen MR) is 67.5 cm³/mol. The molecule has 0 aliphatic carbocycles. The lowest BCUT2D eigenvalue weighted by Crippen LogP contribution is -2.44. The van der Waals surface area contributed by atoms with E-state index in [9.17, 15) is 14.9 Å². The minimum Gasteiger partial charge on any atom is -0.298 e. The molecule has 1 saturated heterocycles. The second-order valence-electron chi connectivity index (χ2n) is 4.69. The normalized spacial score (nSPS) is 20.9. The number of Topliss-reactive ketones (excluding diaryl/α,β-unsaturated/α-hetero) is 1. The van der Waals surface area contributed by atoms with Gasteiger partial charge in [0.15, 0.2) is 0 Å². The third-order valence-corrected chi connectivity index (χ3v) is 3.41. The Hall–Kier alpha value is -1.75. The van der Waals surface area contributed by atoms with Gasteiger partial charge in [-0.15, -0.1) is 0 Å². The lowest BCUT2D eigenvalue weighted by Gasteiger charge is -2.31. The van der Waals surface area contributed by atoms with Gasteiger partial charge in [0.05, 0.1) is 11.0 Å². The molecule has 1 fully saturated rings. The highest BCUT2D eigenvalue weighted by molar-refractivity contribution is 5.85. The van der Waals surface area contributed by atoms with Gasteiger partial charge in [-0.3, -0.25) is 19.8 Å². The zero-order valence-electron chi connectivity index (χ0n) is 10.3. The molecule has 0 bridgehead atoms.